The number of unbranched alkanes of at least 4 members (excludes halogenated alkanes) is 2. The van der Waals surface area contributed by atoms with Gasteiger partial charge >= 0.3 is 0 Å². The second kappa shape index (κ2) is 7.71. The van der Waals surface area contributed by atoms with Crippen molar-refractivity contribution in [1.29, 1.82) is 0 Å². The quantitative estimate of drug-likeness (QED) is 0.583. The van der Waals surface area contributed by atoms with Crippen molar-refractivity contribution in [3.8, 4) is 0 Å². The predicted octanol–water partition coefficient (Wildman–Crippen LogP) is 4.69. The zero-order valence-electron chi connectivity index (χ0n) is 12.2. The van der Waals surface area contributed by atoms with Crippen LogP contribution in [0, 0.1) is 0 Å². The molecule has 0 bridgehead atoms. The van der Waals surface area contributed by atoms with Crippen molar-refractivity contribution in [3.63, 3.8) is 0 Å². The molecule has 106 valence electrons. The SMILES string of the molecule is CCCCCC(N)N(c1ccccc1)c1ccccc1. The lowest BCUT2D eigenvalue weighted by Gasteiger charge is -2.31. The summed E-state index contributed by atoms with van der Waals surface area (Å²) in [6.45, 7) is 2.22. The third-order valence-electron chi connectivity index (χ3n) is 3.50. The van der Waals surface area contributed by atoms with Gasteiger partial charge in [0.15, 0.2) is 0 Å². The number of nitrogens with two attached hydrogens (primary N) is 1. The van der Waals surface area contributed by atoms with Gasteiger partial charge in [0.25, 0.3) is 0 Å². The average molecular weight is 268 g/mol. The Morgan fingerprint density at radius 3 is 1.80 bits per heavy atom. The van der Waals surface area contributed by atoms with Crippen molar-refractivity contribution in [3.05, 3.63) is 60.7 Å². The van der Waals surface area contributed by atoms with Gasteiger partial charge in [0.05, 0.1) is 6.17 Å². The minimum atomic E-state index is 0.0198. The number of para-hydroxylation sites is 2. The number of hydrogen-bond acceptors (Lipinski definition) is 2. The van der Waals surface area contributed by atoms with Crippen LogP contribution in [0.1, 0.15) is 32.6 Å². The van der Waals surface area contributed by atoms with Crippen molar-refractivity contribution in [1.82, 2.24) is 0 Å². The van der Waals surface area contributed by atoms with E-state index in [1.54, 1.807) is 0 Å². The molecule has 0 saturated heterocycles. The Morgan fingerprint density at radius 1 is 0.850 bits per heavy atom. The highest BCUT2D eigenvalue weighted by Gasteiger charge is 2.16. The molecule has 0 aliphatic heterocycles. The predicted molar refractivity (Wildman–Crippen MR) is 87.1 cm³/mol. The van der Waals surface area contributed by atoms with E-state index in [0.717, 1.165) is 17.8 Å². The third-order valence-corrected chi connectivity index (χ3v) is 3.50. The lowest BCUT2D eigenvalue weighted by Crippen LogP contribution is -2.38. The Labute approximate surface area is 122 Å². The van der Waals surface area contributed by atoms with E-state index in [1.165, 1.54) is 19.3 Å². The molecule has 2 heteroatoms. The Balaban J connectivity index is 2.21. The monoisotopic (exact) mass is 268 g/mol. The minimum Gasteiger partial charge on any atom is -0.326 e. The molecule has 0 radical (unpaired) electrons. The maximum absolute atomic E-state index is 6.45. The molecule has 0 fully saturated rings. The van der Waals surface area contributed by atoms with Crippen molar-refractivity contribution >= 4 is 11.4 Å². The van der Waals surface area contributed by atoms with E-state index < -0.39 is 0 Å². The van der Waals surface area contributed by atoms with Gasteiger partial charge in [-0.25, -0.2) is 0 Å². The van der Waals surface area contributed by atoms with Gasteiger partial charge in [0.2, 0.25) is 0 Å². The van der Waals surface area contributed by atoms with Crippen LogP contribution in [0.25, 0.3) is 0 Å². The zero-order chi connectivity index (χ0) is 14.2. The first-order chi connectivity index (χ1) is 9.83. The van der Waals surface area contributed by atoms with Gasteiger partial charge in [-0.1, -0.05) is 62.6 Å². The van der Waals surface area contributed by atoms with Crippen molar-refractivity contribution in [2.24, 2.45) is 5.73 Å². The van der Waals surface area contributed by atoms with Gasteiger partial charge < -0.3 is 10.6 Å². The minimum absolute atomic E-state index is 0.0198. The number of rotatable bonds is 7. The van der Waals surface area contributed by atoms with Crippen LogP contribution in [-0.2, 0) is 0 Å². The zero-order valence-corrected chi connectivity index (χ0v) is 12.2. The molecule has 2 aromatic rings. The normalized spacial score (nSPS) is 12.1. The van der Waals surface area contributed by atoms with Crippen LogP contribution in [0.5, 0.6) is 0 Å². The van der Waals surface area contributed by atoms with Crippen molar-refractivity contribution in [2.75, 3.05) is 4.90 Å². The first-order valence-corrected chi connectivity index (χ1v) is 7.48. The number of hydrogen-bond donors (Lipinski definition) is 1. The van der Waals surface area contributed by atoms with Gasteiger partial charge in [-0.15, -0.1) is 0 Å². The Bertz CT molecular complexity index is 442. The van der Waals surface area contributed by atoms with Crippen LogP contribution >= 0.6 is 0 Å². The second-order valence-electron chi connectivity index (χ2n) is 5.10. The highest BCUT2D eigenvalue weighted by Crippen LogP contribution is 2.27. The standard InChI is InChI=1S/C18H24N2/c1-2-3-6-15-18(19)20(16-11-7-4-8-12-16)17-13-9-5-10-14-17/h4-5,7-14,18H,2-3,6,15,19H2,1H3. The summed E-state index contributed by atoms with van der Waals surface area (Å²) in [7, 11) is 0. The van der Waals surface area contributed by atoms with Crippen LogP contribution in [0.3, 0.4) is 0 Å². The maximum Gasteiger partial charge on any atom is 0.0820 e. The summed E-state index contributed by atoms with van der Waals surface area (Å²) < 4.78 is 0. The van der Waals surface area contributed by atoms with Crippen LogP contribution in [0.2, 0.25) is 0 Å². The molecule has 1 unspecified atom stereocenters. The maximum atomic E-state index is 6.45. The molecule has 0 spiro atoms. The Morgan fingerprint density at radius 2 is 1.35 bits per heavy atom. The van der Waals surface area contributed by atoms with Gasteiger partial charge in [-0.2, -0.15) is 0 Å². The Kier molecular flexibility index (Phi) is 5.63. The number of anilines is 2. The van der Waals surface area contributed by atoms with E-state index in [0.29, 0.717) is 0 Å². The third kappa shape index (κ3) is 3.84. The average Bonchev–Trinajstić information content (AvgIpc) is 2.50. The first-order valence-electron chi connectivity index (χ1n) is 7.48. The highest BCUT2D eigenvalue weighted by molar-refractivity contribution is 5.63. The van der Waals surface area contributed by atoms with Gasteiger partial charge in [0.1, 0.15) is 0 Å². The molecule has 0 saturated carbocycles. The summed E-state index contributed by atoms with van der Waals surface area (Å²) in [5.74, 6) is 0. The summed E-state index contributed by atoms with van der Waals surface area (Å²) in [4.78, 5) is 2.23. The molecule has 0 aliphatic carbocycles. The van der Waals surface area contributed by atoms with E-state index in [4.69, 9.17) is 5.73 Å². The van der Waals surface area contributed by atoms with Crippen LogP contribution < -0.4 is 10.6 Å². The molecule has 0 heterocycles. The van der Waals surface area contributed by atoms with Crippen LogP contribution in [-0.4, -0.2) is 6.17 Å². The lowest BCUT2D eigenvalue weighted by molar-refractivity contribution is 0.564. The van der Waals surface area contributed by atoms with E-state index >= 15 is 0 Å². The molecule has 0 amide bonds. The van der Waals surface area contributed by atoms with Gasteiger partial charge in [-0.05, 0) is 30.7 Å². The second-order valence-corrected chi connectivity index (χ2v) is 5.10. The fraction of sp³-hybridized carbons (Fsp3) is 0.333. The summed E-state index contributed by atoms with van der Waals surface area (Å²) in [5, 5.41) is 0. The van der Waals surface area contributed by atoms with Crippen LogP contribution in [0.4, 0.5) is 11.4 Å². The molecule has 1 atom stereocenters. The number of nitrogens with zero attached hydrogens (tertiary/aromatic N) is 1. The number of benzene rings is 2. The van der Waals surface area contributed by atoms with Gasteiger partial charge in [-0.3, -0.25) is 0 Å². The molecule has 0 aromatic heterocycles. The summed E-state index contributed by atoms with van der Waals surface area (Å²) in [5.41, 5.74) is 8.76. The summed E-state index contributed by atoms with van der Waals surface area (Å²) in [6.07, 6.45) is 4.67. The molecule has 0 aliphatic rings. The van der Waals surface area contributed by atoms with E-state index in [2.05, 4.69) is 60.4 Å². The Hall–Kier alpha value is -1.80. The smallest absolute Gasteiger partial charge is 0.0820 e. The fourth-order valence-electron chi connectivity index (χ4n) is 2.44. The van der Waals surface area contributed by atoms with Crippen molar-refractivity contribution < 1.29 is 0 Å². The molecule has 2 rings (SSSR count). The summed E-state index contributed by atoms with van der Waals surface area (Å²) in [6, 6.07) is 20.8. The molecule has 2 aromatic carbocycles. The highest BCUT2D eigenvalue weighted by atomic mass is 15.2. The lowest BCUT2D eigenvalue weighted by atomic mass is 10.1. The molecule has 2 nitrogen and oxygen atoms in total. The first kappa shape index (κ1) is 14.6. The van der Waals surface area contributed by atoms with E-state index in [1.807, 2.05) is 12.1 Å². The van der Waals surface area contributed by atoms with E-state index in [9.17, 15) is 0 Å². The van der Waals surface area contributed by atoms with Crippen molar-refractivity contribution in [2.45, 2.75) is 38.8 Å². The fourth-order valence-corrected chi connectivity index (χ4v) is 2.44. The molecular weight excluding hydrogens is 244 g/mol. The van der Waals surface area contributed by atoms with Gasteiger partial charge in [0, 0.05) is 11.4 Å². The topological polar surface area (TPSA) is 29.3 Å². The summed E-state index contributed by atoms with van der Waals surface area (Å²) >= 11 is 0. The van der Waals surface area contributed by atoms with E-state index in [-0.39, 0.29) is 6.17 Å². The molecule has 20 heavy (non-hydrogen) atoms. The molecular formula is C18H24N2. The molecule has 2 N–H and O–H groups in total. The largest absolute Gasteiger partial charge is 0.326 e. The van der Waals surface area contributed by atoms with Crippen LogP contribution in [0.15, 0.2) is 60.7 Å².